The van der Waals surface area contributed by atoms with E-state index in [0.29, 0.717) is 10.5 Å². The van der Waals surface area contributed by atoms with E-state index in [-0.39, 0.29) is 11.0 Å². The Hall–Kier alpha value is -4.07. The molecule has 8 heteroatoms. The molecule has 0 aliphatic heterocycles. The van der Waals surface area contributed by atoms with Crippen molar-refractivity contribution in [2.24, 2.45) is 0 Å². The lowest BCUT2D eigenvalue weighted by Gasteiger charge is -2.10. The molecular formula is C27H20ClN5OS. The lowest BCUT2D eigenvalue weighted by Crippen LogP contribution is -2.33. The van der Waals surface area contributed by atoms with Crippen LogP contribution in [0.1, 0.15) is 11.1 Å². The molecule has 0 spiro atoms. The molecule has 172 valence electrons. The number of halogens is 1. The summed E-state index contributed by atoms with van der Waals surface area (Å²) in [5.74, 6) is -0.335. The van der Waals surface area contributed by atoms with Gasteiger partial charge in [-0.05, 0) is 72.1 Å². The zero-order valence-corrected chi connectivity index (χ0v) is 20.3. The fourth-order valence-electron chi connectivity index (χ4n) is 3.75. The van der Waals surface area contributed by atoms with Crippen LogP contribution < -0.4 is 10.6 Å². The second-order valence-corrected chi connectivity index (χ2v) is 8.82. The number of aryl methyl sites for hydroxylation is 1. The van der Waals surface area contributed by atoms with Crippen molar-refractivity contribution in [3.05, 3.63) is 101 Å². The standard InChI is InChI=1S/C27H20ClN5OS/c1-17-15-23-24(32-33(31-23)25-8-4-6-19-5-2-3-7-21(19)25)16-22(17)29-27(35)30-26(34)14-11-18-9-12-20(28)13-10-18/h2-16H,1H3,(H2,29,30,34,35)/b14-11+. The minimum atomic E-state index is -0.335. The molecule has 4 aromatic carbocycles. The molecule has 35 heavy (non-hydrogen) atoms. The van der Waals surface area contributed by atoms with Crippen LogP contribution in [0.15, 0.2) is 84.9 Å². The molecule has 0 atom stereocenters. The van der Waals surface area contributed by atoms with Crippen LogP contribution in [0, 0.1) is 6.92 Å². The number of benzene rings is 4. The fraction of sp³-hybridized carbons (Fsp3) is 0.0370. The van der Waals surface area contributed by atoms with E-state index in [1.807, 2.05) is 55.5 Å². The van der Waals surface area contributed by atoms with Gasteiger partial charge in [-0.2, -0.15) is 0 Å². The summed E-state index contributed by atoms with van der Waals surface area (Å²) >= 11 is 11.2. The van der Waals surface area contributed by atoms with Gasteiger partial charge in [0.15, 0.2) is 5.11 Å². The normalized spacial score (nSPS) is 11.3. The monoisotopic (exact) mass is 497 g/mol. The lowest BCUT2D eigenvalue weighted by atomic mass is 10.1. The molecule has 0 aliphatic rings. The van der Waals surface area contributed by atoms with Gasteiger partial charge in [0, 0.05) is 22.2 Å². The maximum atomic E-state index is 12.3. The first kappa shape index (κ1) is 22.7. The summed E-state index contributed by atoms with van der Waals surface area (Å²) in [7, 11) is 0. The van der Waals surface area contributed by atoms with Gasteiger partial charge in [0.2, 0.25) is 5.91 Å². The van der Waals surface area contributed by atoms with Gasteiger partial charge >= 0.3 is 0 Å². The number of hydrogen-bond acceptors (Lipinski definition) is 4. The van der Waals surface area contributed by atoms with Crippen LogP contribution in [0.4, 0.5) is 5.69 Å². The summed E-state index contributed by atoms with van der Waals surface area (Å²) in [5.41, 5.74) is 4.91. The molecule has 0 radical (unpaired) electrons. The Labute approximate surface area is 212 Å². The number of aromatic nitrogens is 3. The molecule has 2 N–H and O–H groups in total. The summed E-state index contributed by atoms with van der Waals surface area (Å²) in [6.45, 7) is 1.95. The Morgan fingerprint density at radius 1 is 0.971 bits per heavy atom. The third-order valence-electron chi connectivity index (χ3n) is 5.49. The number of fused-ring (bicyclic) bond motifs is 2. The van der Waals surface area contributed by atoms with E-state index in [2.05, 4.69) is 39.0 Å². The molecule has 1 heterocycles. The van der Waals surface area contributed by atoms with E-state index < -0.39 is 0 Å². The summed E-state index contributed by atoms with van der Waals surface area (Å²) in [5, 5.41) is 18.1. The highest BCUT2D eigenvalue weighted by atomic mass is 35.5. The van der Waals surface area contributed by atoms with Gasteiger partial charge in [-0.1, -0.05) is 60.1 Å². The van der Waals surface area contributed by atoms with Crippen LogP contribution in [0.25, 0.3) is 33.6 Å². The SMILES string of the molecule is Cc1cc2nn(-c3cccc4ccccc34)nc2cc1NC(=S)NC(=O)/C=C/c1ccc(Cl)cc1. The minimum Gasteiger partial charge on any atom is -0.332 e. The van der Waals surface area contributed by atoms with Crippen molar-refractivity contribution < 1.29 is 4.79 Å². The van der Waals surface area contributed by atoms with Gasteiger partial charge in [-0.25, -0.2) is 0 Å². The maximum Gasteiger partial charge on any atom is 0.250 e. The summed E-state index contributed by atoms with van der Waals surface area (Å²) in [6.07, 6.45) is 3.11. The number of hydrogen-bond donors (Lipinski definition) is 2. The highest BCUT2D eigenvalue weighted by molar-refractivity contribution is 7.80. The van der Waals surface area contributed by atoms with E-state index in [0.717, 1.165) is 38.8 Å². The first-order valence-electron chi connectivity index (χ1n) is 10.9. The zero-order chi connectivity index (χ0) is 24.4. The minimum absolute atomic E-state index is 0.194. The highest BCUT2D eigenvalue weighted by Crippen LogP contribution is 2.25. The van der Waals surface area contributed by atoms with Crippen molar-refractivity contribution in [2.75, 3.05) is 5.32 Å². The molecule has 0 saturated carbocycles. The van der Waals surface area contributed by atoms with Gasteiger partial charge in [0.1, 0.15) is 11.0 Å². The topological polar surface area (TPSA) is 71.8 Å². The average Bonchev–Trinajstić information content (AvgIpc) is 3.26. The van der Waals surface area contributed by atoms with Crippen LogP contribution >= 0.6 is 23.8 Å². The summed E-state index contributed by atoms with van der Waals surface area (Å²) < 4.78 is 0. The summed E-state index contributed by atoms with van der Waals surface area (Å²) in [6, 6.07) is 25.2. The van der Waals surface area contributed by atoms with Crippen molar-refractivity contribution in [3.63, 3.8) is 0 Å². The Kier molecular flexibility index (Phi) is 6.27. The molecule has 0 saturated heterocycles. The Balaban J connectivity index is 1.33. The molecule has 5 rings (SSSR count). The molecule has 0 fully saturated rings. The van der Waals surface area contributed by atoms with Crippen LogP contribution in [-0.4, -0.2) is 26.0 Å². The number of amides is 1. The number of nitrogens with zero attached hydrogens (tertiary/aromatic N) is 3. The Morgan fingerprint density at radius 2 is 1.69 bits per heavy atom. The molecule has 5 aromatic rings. The molecule has 1 aromatic heterocycles. The van der Waals surface area contributed by atoms with Crippen LogP contribution in [0.5, 0.6) is 0 Å². The lowest BCUT2D eigenvalue weighted by molar-refractivity contribution is -0.115. The van der Waals surface area contributed by atoms with E-state index in [4.69, 9.17) is 23.8 Å². The molecule has 0 aliphatic carbocycles. The first-order valence-corrected chi connectivity index (χ1v) is 11.7. The number of thiocarbonyl (C=S) groups is 1. The van der Waals surface area contributed by atoms with E-state index in [9.17, 15) is 4.79 Å². The maximum absolute atomic E-state index is 12.3. The predicted octanol–water partition coefficient (Wildman–Crippen LogP) is 6.06. The quantitative estimate of drug-likeness (QED) is 0.233. The fourth-order valence-corrected chi connectivity index (χ4v) is 4.08. The van der Waals surface area contributed by atoms with Crippen molar-refractivity contribution in [1.82, 2.24) is 20.3 Å². The average molecular weight is 498 g/mol. The molecular weight excluding hydrogens is 478 g/mol. The van der Waals surface area contributed by atoms with Gasteiger partial charge in [-0.15, -0.1) is 15.0 Å². The second kappa shape index (κ2) is 9.66. The van der Waals surface area contributed by atoms with Gasteiger partial charge in [-0.3, -0.25) is 10.1 Å². The predicted molar refractivity (Wildman–Crippen MR) is 146 cm³/mol. The smallest absolute Gasteiger partial charge is 0.250 e. The number of rotatable bonds is 4. The van der Waals surface area contributed by atoms with Gasteiger partial charge in [0.05, 0.1) is 5.69 Å². The Morgan fingerprint density at radius 3 is 2.49 bits per heavy atom. The number of carbonyl (C=O) groups is 1. The van der Waals surface area contributed by atoms with Crippen molar-refractivity contribution in [1.29, 1.82) is 0 Å². The van der Waals surface area contributed by atoms with Crippen molar-refractivity contribution in [2.45, 2.75) is 6.92 Å². The Bertz CT molecular complexity index is 1600. The van der Waals surface area contributed by atoms with Crippen LogP contribution in [0.3, 0.4) is 0 Å². The molecule has 1 amide bonds. The van der Waals surface area contributed by atoms with E-state index >= 15 is 0 Å². The molecule has 6 nitrogen and oxygen atoms in total. The number of carbonyl (C=O) groups excluding carboxylic acids is 1. The largest absolute Gasteiger partial charge is 0.332 e. The highest BCUT2D eigenvalue weighted by Gasteiger charge is 2.12. The first-order chi connectivity index (χ1) is 17.0. The van der Waals surface area contributed by atoms with Crippen LogP contribution in [-0.2, 0) is 4.79 Å². The van der Waals surface area contributed by atoms with Crippen LogP contribution in [0.2, 0.25) is 5.02 Å². The zero-order valence-electron chi connectivity index (χ0n) is 18.7. The third kappa shape index (κ3) is 5.06. The molecule has 0 bridgehead atoms. The molecule has 0 unspecified atom stereocenters. The van der Waals surface area contributed by atoms with Gasteiger partial charge < -0.3 is 5.32 Å². The van der Waals surface area contributed by atoms with Gasteiger partial charge in [0.25, 0.3) is 0 Å². The summed E-state index contributed by atoms with van der Waals surface area (Å²) in [4.78, 5) is 13.9. The second-order valence-electron chi connectivity index (χ2n) is 7.97. The van der Waals surface area contributed by atoms with Crippen molar-refractivity contribution in [3.8, 4) is 5.69 Å². The number of nitrogens with one attached hydrogen (secondary N) is 2. The van der Waals surface area contributed by atoms with Crippen molar-refractivity contribution >= 4 is 68.4 Å². The van der Waals surface area contributed by atoms with E-state index in [1.54, 1.807) is 23.0 Å². The third-order valence-corrected chi connectivity index (χ3v) is 5.95. The van der Waals surface area contributed by atoms with E-state index in [1.165, 1.54) is 6.08 Å². The number of anilines is 1.